The van der Waals surface area contributed by atoms with Gasteiger partial charge in [0.25, 0.3) is 0 Å². The Labute approximate surface area is 110 Å². The van der Waals surface area contributed by atoms with E-state index in [9.17, 15) is 9.59 Å². The van der Waals surface area contributed by atoms with E-state index in [1.807, 2.05) is 0 Å². The van der Waals surface area contributed by atoms with E-state index in [-0.39, 0.29) is 17.9 Å². The van der Waals surface area contributed by atoms with Gasteiger partial charge >= 0.3 is 5.97 Å². The van der Waals surface area contributed by atoms with Crippen LogP contribution in [0.25, 0.3) is 0 Å². The molecule has 2 atom stereocenters. The Hall–Kier alpha value is -1.92. The molecule has 2 unspecified atom stereocenters. The maximum atomic E-state index is 12.0. The van der Waals surface area contributed by atoms with Gasteiger partial charge in [0.1, 0.15) is 0 Å². The number of carbonyl (C=O) groups is 2. The smallest absolute Gasteiger partial charge is 0.337 e. The summed E-state index contributed by atoms with van der Waals surface area (Å²) in [5.41, 5.74) is 6.69. The first-order valence-electron chi connectivity index (χ1n) is 5.94. The Kier molecular flexibility index (Phi) is 4.13. The predicted molar refractivity (Wildman–Crippen MR) is 68.7 cm³/mol. The SMILES string of the molecule is COC(=O)c1cccc(NC(=O)C2COCC2N)c1. The summed E-state index contributed by atoms with van der Waals surface area (Å²) >= 11 is 0. The van der Waals surface area contributed by atoms with Crippen molar-refractivity contribution in [3.8, 4) is 0 Å². The number of anilines is 1. The second kappa shape index (κ2) is 5.81. The number of carbonyl (C=O) groups excluding carboxylic acids is 2. The molecule has 0 aliphatic carbocycles. The van der Waals surface area contributed by atoms with Crippen molar-refractivity contribution in [2.45, 2.75) is 6.04 Å². The zero-order chi connectivity index (χ0) is 13.8. The van der Waals surface area contributed by atoms with Gasteiger partial charge < -0.3 is 20.5 Å². The van der Waals surface area contributed by atoms with Gasteiger partial charge in [0.2, 0.25) is 5.91 Å². The highest BCUT2D eigenvalue weighted by molar-refractivity contribution is 5.95. The molecule has 0 aromatic heterocycles. The molecule has 1 aromatic rings. The number of esters is 1. The van der Waals surface area contributed by atoms with E-state index in [0.717, 1.165) is 0 Å². The van der Waals surface area contributed by atoms with Crippen LogP contribution in [-0.4, -0.2) is 38.2 Å². The van der Waals surface area contributed by atoms with Gasteiger partial charge in [-0.15, -0.1) is 0 Å². The monoisotopic (exact) mass is 264 g/mol. The quantitative estimate of drug-likeness (QED) is 0.770. The molecule has 6 heteroatoms. The van der Waals surface area contributed by atoms with Crippen molar-refractivity contribution >= 4 is 17.6 Å². The number of rotatable bonds is 3. The van der Waals surface area contributed by atoms with Gasteiger partial charge in [0, 0.05) is 11.7 Å². The minimum absolute atomic E-state index is 0.202. The van der Waals surface area contributed by atoms with Crippen molar-refractivity contribution < 1.29 is 19.1 Å². The van der Waals surface area contributed by atoms with Crippen molar-refractivity contribution in [1.82, 2.24) is 0 Å². The maximum Gasteiger partial charge on any atom is 0.337 e. The topological polar surface area (TPSA) is 90.6 Å². The third-order valence-electron chi connectivity index (χ3n) is 3.01. The van der Waals surface area contributed by atoms with E-state index < -0.39 is 5.97 Å². The Morgan fingerprint density at radius 1 is 1.42 bits per heavy atom. The molecule has 1 aliphatic rings. The predicted octanol–water partition coefficient (Wildman–Crippen LogP) is 0.385. The van der Waals surface area contributed by atoms with Crippen LogP contribution in [0.3, 0.4) is 0 Å². The van der Waals surface area contributed by atoms with Crippen molar-refractivity contribution in [1.29, 1.82) is 0 Å². The van der Waals surface area contributed by atoms with Crippen LogP contribution >= 0.6 is 0 Å². The van der Waals surface area contributed by atoms with Gasteiger partial charge in [0.15, 0.2) is 0 Å². The van der Waals surface area contributed by atoms with Gasteiger partial charge in [-0.1, -0.05) is 6.07 Å². The molecule has 0 saturated carbocycles. The molecule has 2 rings (SSSR count). The molecule has 1 saturated heterocycles. The largest absolute Gasteiger partial charge is 0.465 e. The molecule has 102 valence electrons. The maximum absolute atomic E-state index is 12.0. The molecular formula is C13H16N2O4. The first kappa shape index (κ1) is 13.5. The summed E-state index contributed by atoms with van der Waals surface area (Å²) in [6, 6.07) is 6.26. The minimum atomic E-state index is -0.447. The lowest BCUT2D eigenvalue weighted by molar-refractivity contribution is -0.120. The van der Waals surface area contributed by atoms with Gasteiger partial charge in [-0.25, -0.2) is 4.79 Å². The van der Waals surface area contributed by atoms with Crippen LogP contribution in [0.2, 0.25) is 0 Å². The van der Waals surface area contributed by atoms with E-state index in [2.05, 4.69) is 10.1 Å². The highest BCUT2D eigenvalue weighted by atomic mass is 16.5. The third-order valence-corrected chi connectivity index (χ3v) is 3.01. The van der Waals surface area contributed by atoms with E-state index in [1.165, 1.54) is 7.11 Å². The van der Waals surface area contributed by atoms with Gasteiger partial charge in [-0.3, -0.25) is 4.79 Å². The zero-order valence-corrected chi connectivity index (χ0v) is 10.6. The number of hydrogen-bond acceptors (Lipinski definition) is 5. The summed E-state index contributed by atoms with van der Waals surface area (Å²) in [6.07, 6.45) is 0. The molecule has 19 heavy (non-hydrogen) atoms. The number of nitrogens with one attached hydrogen (secondary N) is 1. The summed E-state index contributed by atoms with van der Waals surface area (Å²) in [7, 11) is 1.31. The van der Waals surface area contributed by atoms with Crippen LogP contribution < -0.4 is 11.1 Å². The fourth-order valence-electron chi connectivity index (χ4n) is 1.92. The van der Waals surface area contributed by atoms with Crippen LogP contribution in [0.15, 0.2) is 24.3 Å². The van der Waals surface area contributed by atoms with Crippen LogP contribution in [0.4, 0.5) is 5.69 Å². The van der Waals surface area contributed by atoms with Gasteiger partial charge in [-0.2, -0.15) is 0 Å². The standard InChI is InChI=1S/C13H16N2O4/c1-18-13(17)8-3-2-4-9(5-8)15-12(16)10-6-19-7-11(10)14/h2-5,10-11H,6-7,14H2,1H3,(H,15,16). The van der Waals surface area contributed by atoms with Gasteiger partial charge in [-0.05, 0) is 18.2 Å². The molecule has 1 fully saturated rings. The number of benzene rings is 1. The minimum Gasteiger partial charge on any atom is -0.465 e. The van der Waals surface area contributed by atoms with E-state index >= 15 is 0 Å². The molecular weight excluding hydrogens is 248 g/mol. The highest BCUT2D eigenvalue weighted by Crippen LogP contribution is 2.16. The number of methoxy groups -OCH3 is 1. The Bertz CT molecular complexity index is 489. The molecule has 0 radical (unpaired) electrons. The number of amides is 1. The summed E-state index contributed by atoms with van der Waals surface area (Å²) < 4.78 is 9.77. The van der Waals surface area contributed by atoms with Crippen LogP contribution in [0.5, 0.6) is 0 Å². The molecule has 1 aromatic carbocycles. The highest BCUT2D eigenvalue weighted by Gasteiger charge is 2.31. The Morgan fingerprint density at radius 2 is 2.21 bits per heavy atom. The van der Waals surface area contributed by atoms with E-state index in [0.29, 0.717) is 24.5 Å². The zero-order valence-electron chi connectivity index (χ0n) is 10.6. The fraction of sp³-hybridized carbons (Fsp3) is 0.385. The van der Waals surface area contributed by atoms with Crippen molar-refractivity contribution in [3.63, 3.8) is 0 Å². The molecule has 1 amide bonds. The average Bonchev–Trinajstić information content (AvgIpc) is 2.84. The van der Waals surface area contributed by atoms with E-state index in [4.69, 9.17) is 10.5 Å². The molecule has 1 aliphatic heterocycles. The lowest BCUT2D eigenvalue weighted by Gasteiger charge is -2.13. The average molecular weight is 264 g/mol. The molecule has 3 N–H and O–H groups in total. The van der Waals surface area contributed by atoms with E-state index in [1.54, 1.807) is 24.3 Å². The first-order valence-corrected chi connectivity index (χ1v) is 5.94. The fourth-order valence-corrected chi connectivity index (χ4v) is 1.92. The summed E-state index contributed by atoms with van der Waals surface area (Å²) in [6.45, 7) is 0.712. The Balaban J connectivity index is 2.06. The van der Waals surface area contributed by atoms with Crippen LogP contribution in [0, 0.1) is 5.92 Å². The molecule has 0 bridgehead atoms. The summed E-state index contributed by atoms with van der Waals surface area (Å²) in [5, 5.41) is 2.73. The molecule has 1 heterocycles. The van der Waals surface area contributed by atoms with Crippen molar-refractivity contribution in [2.24, 2.45) is 11.7 Å². The summed E-state index contributed by atoms with van der Waals surface area (Å²) in [5.74, 6) is -1.01. The van der Waals surface area contributed by atoms with Crippen LogP contribution in [-0.2, 0) is 14.3 Å². The third kappa shape index (κ3) is 3.10. The number of nitrogens with two attached hydrogens (primary N) is 1. The molecule has 0 spiro atoms. The van der Waals surface area contributed by atoms with Crippen molar-refractivity contribution in [2.75, 3.05) is 25.6 Å². The van der Waals surface area contributed by atoms with Crippen molar-refractivity contribution in [3.05, 3.63) is 29.8 Å². The second-order valence-electron chi connectivity index (χ2n) is 4.37. The lowest BCUT2D eigenvalue weighted by Crippen LogP contribution is -2.37. The summed E-state index contributed by atoms with van der Waals surface area (Å²) in [4.78, 5) is 23.4. The number of ether oxygens (including phenoxy) is 2. The first-order chi connectivity index (χ1) is 9.11. The Morgan fingerprint density at radius 3 is 2.84 bits per heavy atom. The van der Waals surface area contributed by atoms with Crippen LogP contribution in [0.1, 0.15) is 10.4 Å². The van der Waals surface area contributed by atoms with Gasteiger partial charge in [0.05, 0.1) is 31.8 Å². The number of hydrogen-bond donors (Lipinski definition) is 2. The lowest BCUT2D eigenvalue weighted by atomic mass is 10.0. The normalized spacial score (nSPS) is 22.0. The second-order valence-corrected chi connectivity index (χ2v) is 4.37. The molecule has 6 nitrogen and oxygen atoms in total.